The molecule has 118 valence electrons. The third-order valence-electron chi connectivity index (χ3n) is 3.28. The molecule has 0 saturated carbocycles. The van der Waals surface area contributed by atoms with Crippen LogP contribution < -0.4 is 10.6 Å². The summed E-state index contributed by atoms with van der Waals surface area (Å²) < 4.78 is 65.0. The Balaban J connectivity index is 2.13. The first-order valence-corrected chi connectivity index (χ1v) is 7.65. The molecule has 5 nitrogen and oxygen atoms in total. The van der Waals surface area contributed by atoms with E-state index in [-0.39, 0.29) is 12.1 Å². The Hall–Kier alpha value is -1.32. The topological polar surface area (TPSA) is 67.4 Å². The molecule has 2 rings (SSSR count). The summed E-state index contributed by atoms with van der Waals surface area (Å²) in [4.78, 5) is -0.770. The van der Waals surface area contributed by atoms with Crippen LogP contribution in [0.3, 0.4) is 0 Å². The van der Waals surface area contributed by atoms with E-state index in [0.717, 1.165) is 12.1 Å². The molecule has 2 N–H and O–H groups in total. The lowest BCUT2D eigenvalue weighted by Gasteiger charge is -2.20. The highest BCUT2D eigenvalue weighted by Gasteiger charge is 2.46. The fourth-order valence-electron chi connectivity index (χ4n) is 2.12. The maximum atomic E-state index is 12.4. The second-order valence-corrected chi connectivity index (χ2v) is 6.60. The normalized spacial score (nSPS) is 23.2. The summed E-state index contributed by atoms with van der Waals surface area (Å²) in [5.41, 5.74) is -4.76. The summed E-state index contributed by atoms with van der Waals surface area (Å²) in [5, 5.41) is 6.21. The van der Waals surface area contributed by atoms with Gasteiger partial charge in [0.15, 0.2) is 0 Å². The second kappa shape index (κ2) is 5.82. The van der Waals surface area contributed by atoms with E-state index in [4.69, 9.17) is 4.74 Å². The van der Waals surface area contributed by atoms with Gasteiger partial charge >= 0.3 is 5.51 Å². The van der Waals surface area contributed by atoms with Gasteiger partial charge in [-0.15, -0.1) is 0 Å². The first-order valence-electron chi connectivity index (χ1n) is 6.17. The average molecular weight is 324 g/mol. The van der Waals surface area contributed by atoms with Gasteiger partial charge in [0, 0.05) is 25.9 Å². The zero-order valence-electron chi connectivity index (χ0n) is 11.1. The van der Waals surface area contributed by atoms with Crippen LogP contribution in [0, 0.1) is 0 Å². The van der Waals surface area contributed by atoms with Crippen LogP contribution in [0.4, 0.5) is 18.9 Å². The molecule has 0 bridgehead atoms. The molecule has 0 aromatic heterocycles. The fraction of sp³-hybridized carbons (Fsp3) is 0.500. The number of alkyl halides is 3. The van der Waals surface area contributed by atoms with E-state index in [9.17, 15) is 21.6 Å². The highest BCUT2D eigenvalue weighted by molar-refractivity contribution is 7.92. The zero-order chi connectivity index (χ0) is 15.7. The van der Waals surface area contributed by atoms with Crippen molar-refractivity contribution in [3.05, 3.63) is 24.3 Å². The minimum absolute atomic E-state index is 0.0277. The molecule has 1 heterocycles. The van der Waals surface area contributed by atoms with Gasteiger partial charge in [0.25, 0.3) is 9.84 Å². The largest absolute Gasteiger partial charge is 0.501 e. The molecule has 2 atom stereocenters. The molecule has 1 aliphatic rings. The molecule has 1 aromatic carbocycles. The fourth-order valence-corrected chi connectivity index (χ4v) is 2.89. The van der Waals surface area contributed by atoms with Crippen LogP contribution in [0.2, 0.25) is 0 Å². The van der Waals surface area contributed by atoms with Crippen molar-refractivity contribution in [1.29, 1.82) is 0 Å². The number of halogens is 3. The van der Waals surface area contributed by atoms with Crippen molar-refractivity contribution >= 4 is 15.5 Å². The Kier molecular flexibility index (Phi) is 4.45. The standard InChI is InChI=1S/C12H15F3N2O3S/c1-20-11-7-16-6-10(11)17-8-2-4-9(5-3-8)21(18,19)12(13,14)15/h2-5,10-11,16-17H,6-7H2,1H3/t10?,11-/m0/s1. The lowest BCUT2D eigenvalue weighted by atomic mass is 10.2. The van der Waals surface area contributed by atoms with E-state index in [1.165, 1.54) is 12.1 Å². The van der Waals surface area contributed by atoms with Crippen molar-refractivity contribution < 1.29 is 26.3 Å². The van der Waals surface area contributed by atoms with Gasteiger partial charge in [-0.1, -0.05) is 0 Å². The van der Waals surface area contributed by atoms with Crippen molar-refractivity contribution in [3.8, 4) is 0 Å². The van der Waals surface area contributed by atoms with Crippen LogP contribution >= 0.6 is 0 Å². The quantitative estimate of drug-likeness (QED) is 0.876. The molecule has 1 fully saturated rings. The van der Waals surface area contributed by atoms with Crippen LogP contribution in [0.15, 0.2) is 29.2 Å². The molecule has 1 aliphatic heterocycles. The van der Waals surface area contributed by atoms with Crippen LogP contribution in [-0.2, 0) is 14.6 Å². The number of nitrogens with one attached hydrogen (secondary N) is 2. The Morgan fingerprint density at radius 1 is 1.24 bits per heavy atom. The molecule has 0 spiro atoms. The van der Waals surface area contributed by atoms with E-state index in [0.29, 0.717) is 18.8 Å². The van der Waals surface area contributed by atoms with Crippen LogP contribution in [0.1, 0.15) is 0 Å². The third kappa shape index (κ3) is 3.30. The summed E-state index contributed by atoms with van der Waals surface area (Å²) in [5.74, 6) is 0. The maximum absolute atomic E-state index is 12.4. The molecule has 0 radical (unpaired) electrons. The van der Waals surface area contributed by atoms with E-state index in [1.807, 2.05) is 0 Å². The lowest BCUT2D eigenvalue weighted by Crippen LogP contribution is -2.33. The number of rotatable bonds is 4. The number of ether oxygens (including phenoxy) is 1. The molecule has 0 amide bonds. The number of sulfone groups is 1. The first kappa shape index (κ1) is 16.1. The van der Waals surface area contributed by atoms with E-state index >= 15 is 0 Å². The predicted octanol–water partition coefficient (Wildman–Crippen LogP) is 1.38. The summed E-state index contributed by atoms with van der Waals surface area (Å²) in [6.45, 7) is 1.33. The van der Waals surface area contributed by atoms with Gasteiger partial charge in [0.05, 0.1) is 17.0 Å². The van der Waals surface area contributed by atoms with Crippen LogP contribution in [0.5, 0.6) is 0 Å². The van der Waals surface area contributed by atoms with Crippen LogP contribution in [0.25, 0.3) is 0 Å². The van der Waals surface area contributed by atoms with E-state index in [1.54, 1.807) is 7.11 Å². The van der Waals surface area contributed by atoms with Gasteiger partial charge in [-0.2, -0.15) is 13.2 Å². The average Bonchev–Trinajstić information content (AvgIpc) is 2.85. The predicted molar refractivity (Wildman–Crippen MR) is 70.8 cm³/mol. The first-order chi connectivity index (χ1) is 9.75. The number of hydrogen-bond donors (Lipinski definition) is 2. The smallest absolute Gasteiger partial charge is 0.378 e. The Bertz CT molecular complexity index is 587. The molecule has 9 heteroatoms. The van der Waals surface area contributed by atoms with E-state index in [2.05, 4.69) is 10.6 Å². The highest BCUT2D eigenvalue weighted by Crippen LogP contribution is 2.30. The summed E-state index contributed by atoms with van der Waals surface area (Å²) >= 11 is 0. The Morgan fingerprint density at radius 2 is 1.86 bits per heavy atom. The molecule has 1 saturated heterocycles. The summed E-state index contributed by atoms with van der Waals surface area (Å²) in [6, 6.07) is 4.47. The molecule has 21 heavy (non-hydrogen) atoms. The third-order valence-corrected chi connectivity index (χ3v) is 4.78. The Morgan fingerprint density at radius 3 is 2.38 bits per heavy atom. The Labute approximate surface area is 120 Å². The maximum Gasteiger partial charge on any atom is 0.501 e. The molecule has 0 aliphatic carbocycles. The van der Waals surface area contributed by atoms with Gasteiger partial charge in [0.1, 0.15) is 0 Å². The molecule has 1 aromatic rings. The van der Waals surface area contributed by atoms with Crippen LogP contribution in [-0.4, -0.2) is 46.3 Å². The highest BCUT2D eigenvalue weighted by atomic mass is 32.2. The van der Waals surface area contributed by atoms with Gasteiger partial charge in [-0.05, 0) is 24.3 Å². The zero-order valence-corrected chi connectivity index (χ0v) is 12.0. The SMILES string of the molecule is CO[C@H]1CNCC1Nc1ccc(S(=O)(=O)C(F)(F)F)cc1. The van der Waals surface area contributed by atoms with Crippen molar-refractivity contribution in [2.24, 2.45) is 0 Å². The number of benzene rings is 1. The molecule has 1 unspecified atom stereocenters. The van der Waals surface area contributed by atoms with Gasteiger partial charge in [-0.3, -0.25) is 0 Å². The number of anilines is 1. The molecular weight excluding hydrogens is 309 g/mol. The summed E-state index contributed by atoms with van der Waals surface area (Å²) in [6.07, 6.45) is -0.0522. The van der Waals surface area contributed by atoms with Gasteiger partial charge in [0.2, 0.25) is 0 Å². The lowest BCUT2D eigenvalue weighted by molar-refractivity contribution is -0.0436. The number of methoxy groups -OCH3 is 1. The van der Waals surface area contributed by atoms with Crippen molar-refractivity contribution in [2.45, 2.75) is 22.5 Å². The van der Waals surface area contributed by atoms with Crippen molar-refractivity contribution in [2.75, 3.05) is 25.5 Å². The minimum atomic E-state index is -5.30. The number of hydrogen-bond acceptors (Lipinski definition) is 5. The monoisotopic (exact) mass is 324 g/mol. The molecular formula is C12H15F3N2O3S. The van der Waals surface area contributed by atoms with Gasteiger partial charge < -0.3 is 15.4 Å². The minimum Gasteiger partial charge on any atom is -0.378 e. The van der Waals surface area contributed by atoms with Crippen molar-refractivity contribution in [3.63, 3.8) is 0 Å². The van der Waals surface area contributed by atoms with Crippen molar-refractivity contribution in [1.82, 2.24) is 5.32 Å². The van der Waals surface area contributed by atoms with Gasteiger partial charge in [-0.25, -0.2) is 8.42 Å². The second-order valence-electron chi connectivity index (χ2n) is 4.66. The summed E-state index contributed by atoms with van der Waals surface area (Å²) in [7, 11) is -3.73. The van der Waals surface area contributed by atoms with E-state index < -0.39 is 20.2 Å².